The van der Waals surface area contributed by atoms with Crippen LogP contribution < -0.4 is 10.6 Å². The molecule has 0 bridgehead atoms. The van der Waals surface area contributed by atoms with Gasteiger partial charge in [-0.25, -0.2) is 0 Å². The van der Waals surface area contributed by atoms with Gasteiger partial charge < -0.3 is 15.4 Å². The molecule has 1 aromatic carbocycles. The first-order valence-electron chi connectivity index (χ1n) is 9.13. The molecule has 3 rings (SSSR count). The molecule has 2 N–H and O–H groups in total. The number of piperidine rings is 1. The number of ether oxygens (including phenoxy) is 1. The first-order valence-corrected chi connectivity index (χ1v) is 9.13. The number of hydrogen-bond donors (Lipinski definition) is 2. The van der Waals surface area contributed by atoms with E-state index in [0.717, 1.165) is 45.0 Å². The molecule has 2 aliphatic heterocycles. The zero-order valence-electron chi connectivity index (χ0n) is 14.6. The number of carbonyl (C=O) groups excluding carboxylic acids is 1. The molecule has 0 spiro atoms. The number of hydrogen-bond acceptors (Lipinski definition) is 4. The fourth-order valence-corrected chi connectivity index (χ4v) is 3.47. The van der Waals surface area contributed by atoms with Crippen molar-refractivity contribution >= 4 is 5.91 Å². The van der Waals surface area contributed by atoms with Crippen molar-refractivity contribution < 1.29 is 9.53 Å². The van der Waals surface area contributed by atoms with E-state index in [2.05, 4.69) is 34.6 Å². The fraction of sp³-hybridized carbons (Fsp3) is 0.632. The molecule has 2 heterocycles. The van der Waals surface area contributed by atoms with Crippen LogP contribution >= 0.6 is 0 Å². The van der Waals surface area contributed by atoms with E-state index in [1.807, 2.05) is 12.1 Å². The summed E-state index contributed by atoms with van der Waals surface area (Å²) in [5.74, 6) is 0.641. The fourth-order valence-electron chi connectivity index (χ4n) is 3.47. The lowest BCUT2D eigenvalue weighted by molar-refractivity contribution is 0.0342. The average Bonchev–Trinajstić information content (AvgIpc) is 2.62. The Morgan fingerprint density at radius 2 is 2.04 bits per heavy atom. The standard InChI is InChI=1S/C19H29N3O2/c1-15-3-2-8-20-18(15)13-21-19(23)17-6-4-16(5-7-17)14-22-9-11-24-12-10-22/h4-7,15,18,20H,2-3,8-14H2,1H3,(H,21,23)/t15-,18-/m1/s1. The summed E-state index contributed by atoms with van der Waals surface area (Å²) in [5.41, 5.74) is 1.99. The van der Waals surface area contributed by atoms with Crippen molar-refractivity contribution in [2.24, 2.45) is 5.92 Å². The zero-order chi connectivity index (χ0) is 16.8. The van der Waals surface area contributed by atoms with E-state index in [1.165, 1.54) is 18.4 Å². The highest BCUT2D eigenvalue weighted by Gasteiger charge is 2.21. The molecule has 1 aromatic rings. The van der Waals surface area contributed by atoms with E-state index in [4.69, 9.17) is 4.74 Å². The molecule has 0 aromatic heterocycles. The van der Waals surface area contributed by atoms with E-state index >= 15 is 0 Å². The van der Waals surface area contributed by atoms with Crippen molar-refractivity contribution in [3.63, 3.8) is 0 Å². The van der Waals surface area contributed by atoms with Crippen molar-refractivity contribution in [3.8, 4) is 0 Å². The minimum Gasteiger partial charge on any atom is -0.379 e. The van der Waals surface area contributed by atoms with E-state index in [-0.39, 0.29) is 5.91 Å². The van der Waals surface area contributed by atoms with Gasteiger partial charge in [-0.05, 0) is 43.0 Å². The average molecular weight is 331 g/mol. The van der Waals surface area contributed by atoms with Crippen LogP contribution in [0.3, 0.4) is 0 Å². The summed E-state index contributed by atoms with van der Waals surface area (Å²) in [7, 11) is 0. The molecule has 0 unspecified atom stereocenters. The lowest BCUT2D eigenvalue weighted by Gasteiger charge is -2.30. The van der Waals surface area contributed by atoms with Gasteiger partial charge in [-0.15, -0.1) is 0 Å². The molecule has 5 heteroatoms. The van der Waals surface area contributed by atoms with Gasteiger partial charge in [-0.2, -0.15) is 0 Å². The molecule has 0 saturated carbocycles. The number of nitrogens with one attached hydrogen (secondary N) is 2. The minimum atomic E-state index is 0.0208. The number of amides is 1. The predicted molar refractivity (Wildman–Crippen MR) is 95.1 cm³/mol. The highest BCUT2D eigenvalue weighted by molar-refractivity contribution is 5.94. The number of benzene rings is 1. The topological polar surface area (TPSA) is 53.6 Å². The number of morpholine rings is 1. The number of rotatable bonds is 5. The Morgan fingerprint density at radius 3 is 2.75 bits per heavy atom. The summed E-state index contributed by atoms with van der Waals surface area (Å²) in [5, 5.41) is 6.57. The molecule has 2 saturated heterocycles. The van der Waals surface area contributed by atoms with Gasteiger partial charge >= 0.3 is 0 Å². The molecule has 0 radical (unpaired) electrons. The first kappa shape index (κ1) is 17.4. The third-order valence-corrected chi connectivity index (χ3v) is 5.14. The highest BCUT2D eigenvalue weighted by atomic mass is 16.5. The molecule has 5 nitrogen and oxygen atoms in total. The van der Waals surface area contributed by atoms with E-state index in [1.54, 1.807) is 0 Å². The van der Waals surface area contributed by atoms with Crippen LogP contribution in [0, 0.1) is 5.92 Å². The van der Waals surface area contributed by atoms with Crippen molar-refractivity contribution in [3.05, 3.63) is 35.4 Å². The Bertz CT molecular complexity index is 526. The zero-order valence-corrected chi connectivity index (χ0v) is 14.6. The summed E-state index contributed by atoms with van der Waals surface area (Å²) in [6, 6.07) is 8.38. The molecular formula is C19H29N3O2. The van der Waals surface area contributed by atoms with Gasteiger partial charge in [0.15, 0.2) is 0 Å². The number of carbonyl (C=O) groups is 1. The maximum Gasteiger partial charge on any atom is 0.251 e. The minimum absolute atomic E-state index is 0.0208. The summed E-state index contributed by atoms with van der Waals surface area (Å²) in [6.07, 6.45) is 2.47. The molecule has 2 fully saturated rings. The quantitative estimate of drug-likeness (QED) is 0.861. The van der Waals surface area contributed by atoms with E-state index in [0.29, 0.717) is 18.5 Å². The van der Waals surface area contributed by atoms with Gasteiger partial charge in [-0.1, -0.05) is 19.1 Å². The van der Waals surface area contributed by atoms with Crippen molar-refractivity contribution in [1.29, 1.82) is 0 Å². The van der Waals surface area contributed by atoms with Gasteiger partial charge in [0.25, 0.3) is 5.91 Å². The first-order chi connectivity index (χ1) is 11.7. The molecule has 2 atom stereocenters. The van der Waals surface area contributed by atoms with E-state index < -0.39 is 0 Å². The van der Waals surface area contributed by atoms with Crippen LogP contribution in [-0.4, -0.2) is 56.2 Å². The third kappa shape index (κ3) is 4.79. The van der Waals surface area contributed by atoms with Crippen LogP contribution in [0.1, 0.15) is 35.7 Å². The normalized spacial score (nSPS) is 25.4. The van der Waals surface area contributed by atoms with Crippen molar-refractivity contribution in [2.75, 3.05) is 39.4 Å². The lowest BCUT2D eigenvalue weighted by Crippen LogP contribution is -2.47. The Hall–Kier alpha value is -1.43. The SMILES string of the molecule is C[C@@H]1CCCN[C@@H]1CNC(=O)c1ccc(CN2CCOCC2)cc1. The molecule has 132 valence electrons. The summed E-state index contributed by atoms with van der Waals surface area (Å²) in [4.78, 5) is 14.7. The summed E-state index contributed by atoms with van der Waals surface area (Å²) >= 11 is 0. The van der Waals surface area contributed by atoms with Crippen molar-refractivity contribution in [2.45, 2.75) is 32.4 Å². The molecule has 1 amide bonds. The van der Waals surface area contributed by atoms with E-state index in [9.17, 15) is 4.79 Å². The maximum absolute atomic E-state index is 12.3. The Balaban J connectivity index is 1.48. The largest absolute Gasteiger partial charge is 0.379 e. The molecule has 24 heavy (non-hydrogen) atoms. The Morgan fingerprint density at radius 1 is 1.29 bits per heavy atom. The smallest absolute Gasteiger partial charge is 0.251 e. The second kappa shape index (κ2) is 8.60. The highest BCUT2D eigenvalue weighted by Crippen LogP contribution is 2.15. The van der Waals surface area contributed by atoms with Crippen LogP contribution in [0.5, 0.6) is 0 Å². The second-order valence-corrected chi connectivity index (χ2v) is 6.98. The van der Waals surface area contributed by atoms with Gasteiger partial charge in [0, 0.05) is 37.8 Å². The monoisotopic (exact) mass is 331 g/mol. The third-order valence-electron chi connectivity index (χ3n) is 5.14. The predicted octanol–water partition coefficient (Wildman–Crippen LogP) is 1.64. The maximum atomic E-state index is 12.3. The Labute approximate surface area is 144 Å². The van der Waals surface area contributed by atoms with Crippen LogP contribution in [0.4, 0.5) is 0 Å². The summed E-state index contributed by atoms with van der Waals surface area (Å²) < 4.78 is 5.37. The van der Waals surface area contributed by atoms with Gasteiger partial charge in [0.2, 0.25) is 0 Å². The van der Waals surface area contributed by atoms with Crippen LogP contribution in [0.25, 0.3) is 0 Å². The second-order valence-electron chi connectivity index (χ2n) is 6.98. The lowest BCUT2D eigenvalue weighted by atomic mass is 9.93. The van der Waals surface area contributed by atoms with Crippen LogP contribution in [-0.2, 0) is 11.3 Å². The number of nitrogens with zero attached hydrogens (tertiary/aromatic N) is 1. The van der Waals surface area contributed by atoms with Gasteiger partial charge in [0.05, 0.1) is 13.2 Å². The van der Waals surface area contributed by atoms with Crippen molar-refractivity contribution in [1.82, 2.24) is 15.5 Å². The van der Waals surface area contributed by atoms with Crippen LogP contribution in [0.2, 0.25) is 0 Å². The van der Waals surface area contributed by atoms with Crippen LogP contribution in [0.15, 0.2) is 24.3 Å². The van der Waals surface area contributed by atoms with Gasteiger partial charge in [0.1, 0.15) is 0 Å². The summed E-state index contributed by atoms with van der Waals surface area (Å²) in [6.45, 7) is 8.53. The molecule has 2 aliphatic rings. The van der Waals surface area contributed by atoms with Gasteiger partial charge in [-0.3, -0.25) is 9.69 Å². The molecular weight excluding hydrogens is 302 g/mol. The Kier molecular flexibility index (Phi) is 6.24. The molecule has 0 aliphatic carbocycles.